The van der Waals surface area contributed by atoms with Crippen LogP contribution in [0, 0.1) is 5.92 Å². The molecule has 31 heavy (non-hydrogen) atoms. The Morgan fingerprint density at radius 3 is 2.29 bits per heavy atom. The lowest BCUT2D eigenvalue weighted by atomic mass is 9.83. The highest BCUT2D eigenvalue weighted by Gasteiger charge is 2.41. The lowest BCUT2D eigenvalue weighted by molar-refractivity contribution is -0.125. The molecule has 0 bridgehead atoms. The van der Waals surface area contributed by atoms with E-state index in [4.69, 9.17) is 9.47 Å². The van der Waals surface area contributed by atoms with E-state index >= 15 is 0 Å². The van der Waals surface area contributed by atoms with Gasteiger partial charge in [-0.05, 0) is 48.4 Å². The van der Waals surface area contributed by atoms with Gasteiger partial charge >= 0.3 is 0 Å². The van der Waals surface area contributed by atoms with Crippen LogP contribution in [0.4, 0.5) is 10.8 Å². The molecule has 8 heteroatoms. The average molecular weight is 438 g/mol. The summed E-state index contributed by atoms with van der Waals surface area (Å²) < 4.78 is 10.5. The van der Waals surface area contributed by atoms with Crippen molar-refractivity contribution >= 4 is 34.0 Å². The molecule has 160 valence electrons. The molecule has 0 saturated carbocycles. The average Bonchev–Trinajstić information content (AvgIpc) is 3.32. The second-order valence-electron chi connectivity index (χ2n) is 7.15. The van der Waals surface area contributed by atoms with Crippen LogP contribution in [0.5, 0.6) is 11.5 Å². The molecule has 7 nitrogen and oxygen atoms in total. The zero-order valence-corrected chi connectivity index (χ0v) is 18.1. The Hall–Kier alpha value is -3.39. The highest BCUT2D eigenvalue weighted by atomic mass is 32.1. The number of nitrogens with one attached hydrogen (secondary N) is 1. The van der Waals surface area contributed by atoms with Gasteiger partial charge in [0.15, 0.2) is 5.13 Å². The molecule has 1 aliphatic rings. The Labute approximate surface area is 184 Å². The molecule has 2 amide bonds. The van der Waals surface area contributed by atoms with Crippen molar-refractivity contribution < 1.29 is 19.1 Å². The van der Waals surface area contributed by atoms with E-state index in [1.807, 2.05) is 53.9 Å². The number of carbonyl (C=O) groups is 2. The molecule has 4 rings (SSSR count). The number of hydrogen-bond donors (Lipinski definition) is 1. The van der Waals surface area contributed by atoms with Gasteiger partial charge in [0.05, 0.1) is 26.2 Å². The molecule has 3 aromatic rings. The maximum Gasteiger partial charge on any atom is 0.231 e. The van der Waals surface area contributed by atoms with Crippen LogP contribution in [0.25, 0.3) is 0 Å². The molecule has 1 aromatic heterocycles. The van der Waals surface area contributed by atoms with Gasteiger partial charge in [-0.2, -0.15) is 0 Å². The van der Waals surface area contributed by atoms with E-state index in [1.165, 1.54) is 11.3 Å². The van der Waals surface area contributed by atoms with Crippen LogP contribution in [-0.2, 0) is 9.59 Å². The van der Waals surface area contributed by atoms with Crippen molar-refractivity contribution in [3.63, 3.8) is 0 Å². The number of nitrogens with zero attached hydrogens (tertiary/aromatic N) is 2. The van der Waals surface area contributed by atoms with Crippen LogP contribution in [-0.4, -0.2) is 31.0 Å². The number of ether oxygens (including phenoxy) is 2. The highest BCUT2D eigenvalue weighted by Crippen LogP contribution is 2.41. The number of aromatic nitrogens is 1. The number of hydrogen-bond acceptors (Lipinski definition) is 6. The van der Waals surface area contributed by atoms with E-state index in [1.54, 1.807) is 25.3 Å². The highest BCUT2D eigenvalue weighted by molar-refractivity contribution is 7.13. The Kier molecular flexibility index (Phi) is 6.18. The molecule has 2 aromatic carbocycles. The Bertz CT molecular complexity index is 1040. The maximum absolute atomic E-state index is 13.2. The summed E-state index contributed by atoms with van der Waals surface area (Å²) in [5.41, 5.74) is 1.59. The molecular weight excluding hydrogens is 414 g/mol. The third-order valence-corrected chi connectivity index (χ3v) is 6.09. The standard InChI is InChI=1S/C23H23N3O4S/c1-29-17-7-3-15(4-8-17)21-19(22(28)25-23-24-13-14-31-23)11-12-20(27)26(21)16-5-9-18(30-2)10-6-16/h3-10,13-14,19,21H,11-12H2,1-2H3,(H,24,25,28)/t19-,21+/m1/s1. The molecule has 0 unspecified atom stereocenters. The zero-order chi connectivity index (χ0) is 21.8. The number of piperidine rings is 1. The van der Waals surface area contributed by atoms with Crippen molar-refractivity contribution in [2.75, 3.05) is 24.4 Å². The number of anilines is 2. The van der Waals surface area contributed by atoms with Crippen LogP contribution < -0.4 is 19.7 Å². The minimum Gasteiger partial charge on any atom is -0.497 e. The summed E-state index contributed by atoms with van der Waals surface area (Å²) in [5, 5.41) is 5.26. The van der Waals surface area contributed by atoms with Crippen molar-refractivity contribution in [2.45, 2.75) is 18.9 Å². The molecule has 0 aliphatic carbocycles. The Morgan fingerprint density at radius 2 is 1.71 bits per heavy atom. The Balaban J connectivity index is 1.73. The van der Waals surface area contributed by atoms with Gasteiger partial charge in [-0.15, -0.1) is 11.3 Å². The van der Waals surface area contributed by atoms with Gasteiger partial charge in [-0.25, -0.2) is 4.98 Å². The summed E-state index contributed by atoms with van der Waals surface area (Å²) in [6.45, 7) is 0. The quantitative estimate of drug-likeness (QED) is 0.622. The first-order chi connectivity index (χ1) is 15.1. The van der Waals surface area contributed by atoms with Crippen LogP contribution in [0.3, 0.4) is 0 Å². The summed E-state index contributed by atoms with van der Waals surface area (Å²) in [4.78, 5) is 32.2. The van der Waals surface area contributed by atoms with E-state index in [2.05, 4.69) is 10.3 Å². The number of amides is 2. The summed E-state index contributed by atoms with van der Waals surface area (Å²) in [7, 11) is 3.20. The van der Waals surface area contributed by atoms with E-state index in [0.29, 0.717) is 23.1 Å². The van der Waals surface area contributed by atoms with E-state index < -0.39 is 12.0 Å². The van der Waals surface area contributed by atoms with Gasteiger partial charge in [-0.1, -0.05) is 12.1 Å². The van der Waals surface area contributed by atoms with Gasteiger partial charge in [0.2, 0.25) is 11.8 Å². The number of rotatable bonds is 6. The van der Waals surface area contributed by atoms with Crippen LogP contribution in [0.2, 0.25) is 0 Å². The second-order valence-corrected chi connectivity index (χ2v) is 8.05. The minimum absolute atomic E-state index is 0.0238. The van der Waals surface area contributed by atoms with Gasteiger partial charge in [0, 0.05) is 23.7 Å². The van der Waals surface area contributed by atoms with Gasteiger partial charge < -0.3 is 19.7 Å². The summed E-state index contributed by atoms with van der Waals surface area (Å²) in [6.07, 6.45) is 2.39. The van der Waals surface area contributed by atoms with Crippen molar-refractivity contribution in [3.8, 4) is 11.5 Å². The predicted molar refractivity (Wildman–Crippen MR) is 120 cm³/mol. The molecule has 2 atom stereocenters. The van der Waals surface area contributed by atoms with Gasteiger partial charge in [0.25, 0.3) is 0 Å². The van der Waals surface area contributed by atoms with Crippen molar-refractivity contribution in [2.24, 2.45) is 5.92 Å². The van der Waals surface area contributed by atoms with Crippen molar-refractivity contribution in [1.82, 2.24) is 4.98 Å². The Morgan fingerprint density at radius 1 is 1.06 bits per heavy atom. The third-order valence-electron chi connectivity index (χ3n) is 5.40. The zero-order valence-electron chi connectivity index (χ0n) is 17.3. The number of carbonyl (C=O) groups excluding carboxylic acids is 2. The molecule has 0 radical (unpaired) electrons. The van der Waals surface area contributed by atoms with Crippen LogP contribution in [0.1, 0.15) is 24.4 Å². The summed E-state index contributed by atoms with van der Waals surface area (Å²) in [5.74, 6) is 0.807. The monoisotopic (exact) mass is 437 g/mol. The molecule has 1 saturated heterocycles. The molecule has 0 spiro atoms. The third kappa shape index (κ3) is 4.39. The normalized spacial score (nSPS) is 18.5. The van der Waals surface area contributed by atoms with Gasteiger partial charge in [0.1, 0.15) is 11.5 Å². The number of thiazole rings is 1. The maximum atomic E-state index is 13.2. The molecular formula is C23H23N3O4S. The first kappa shape index (κ1) is 20.9. The fourth-order valence-corrected chi connectivity index (χ4v) is 4.41. The lowest BCUT2D eigenvalue weighted by Gasteiger charge is -2.40. The van der Waals surface area contributed by atoms with Crippen LogP contribution >= 0.6 is 11.3 Å². The predicted octanol–water partition coefficient (Wildman–Crippen LogP) is 4.28. The largest absolute Gasteiger partial charge is 0.497 e. The molecule has 2 heterocycles. The lowest BCUT2D eigenvalue weighted by Crippen LogP contribution is -2.46. The van der Waals surface area contributed by atoms with Crippen molar-refractivity contribution in [1.29, 1.82) is 0 Å². The smallest absolute Gasteiger partial charge is 0.231 e. The SMILES string of the molecule is COc1ccc([C@H]2[C@H](C(=O)Nc3nccs3)CCC(=O)N2c2ccc(OC)cc2)cc1. The van der Waals surface area contributed by atoms with E-state index in [9.17, 15) is 9.59 Å². The second kappa shape index (κ2) is 9.18. The molecule has 1 fully saturated rings. The first-order valence-electron chi connectivity index (χ1n) is 9.91. The molecule has 1 aliphatic heterocycles. The fourth-order valence-electron chi connectivity index (χ4n) is 3.88. The van der Waals surface area contributed by atoms with E-state index in [0.717, 1.165) is 11.3 Å². The molecule has 1 N–H and O–H groups in total. The first-order valence-corrected chi connectivity index (χ1v) is 10.8. The van der Waals surface area contributed by atoms with E-state index in [-0.39, 0.29) is 18.2 Å². The van der Waals surface area contributed by atoms with Crippen molar-refractivity contribution in [3.05, 3.63) is 65.7 Å². The summed E-state index contributed by atoms with van der Waals surface area (Å²) >= 11 is 1.37. The van der Waals surface area contributed by atoms with Gasteiger partial charge in [-0.3, -0.25) is 9.59 Å². The minimum atomic E-state index is -0.458. The van der Waals surface area contributed by atoms with Crippen LogP contribution in [0.15, 0.2) is 60.1 Å². The number of benzene rings is 2. The number of methoxy groups -OCH3 is 2. The fraction of sp³-hybridized carbons (Fsp3) is 0.261. The summed E-state index contributed by atoms with van der Waals surface area (Å²) in [6, 6.07) is 14.3. The topological polar surface area (TPSA) is 80.8 Å².